The molecular weight excluding hydrogens is 316 g/mol. The van der Waals surface area contributed by atoms with Gasteiger partial charge in [-0.1, -0.05) is 115 Å². The molecule has 0 saturated heterocycles. The fourth-order valence-electron chi connectivity index (χ4n) is 3.39. The van der Waals surface area contributed by atoms with Crippen molar-refractivity contribution in [3.63, 3.8) is 0 Å². The van der Waals surface area contributed by atoms with E-state index in [9.17, 15) is 5.11 Å². The average molecular weight is 336 g/mol. The van der Waals surface area contributed by atoms with E-state index in [-0.39, 0.29) is 0 Å². The molecule has 0 unspecified atom stereocenters. The SMILES string of the molecule is OC(c1ccccc1)(c1ccccc1)c1ccc(-c2ccccc2)cc1. The molecule has 1 nitrogen and oxygen atoms in total. The molecule has 0 aliphatic rings. The van der Waals surface area contributed by atoms with Gasteiger partial charge >= 0.3 is 0 Å². The third-order valence-corrected chi connectivity index (χ3v) is 4.79. The first-order chi connectivity index (χ1) is 12.8. The topological polar surface area (TPSA) is 20.2 Å². The molecule has 4 aromatic carbocycles. The van der Waals surface area contributed by atoms with E-state index in [0.29, 0.717) is 0 Å². The van der Waals surface area contributed by atoms with E-state index in [0.717, 1.165) is 22.3 Å². The quantitative estimate of drug-likeness (QED) is 0.478. The summed E-state index contributed by atoms with van der Waals surface area (Å²) in [4.78, 5) is 0. The highest BCUT2D eigenvalue weighted by Crippen LogP contribution is 2.37. The van der Waals surface area contributed by atoms with Crippen LogP contribution in [0.3, 0.4) is 0 Å². The Labute approximate surface area is 154 Å². The van der Waals surface area contributed by atoms with Crippen LogP contribution in [-0.4, -0.2) is 5.11 Å². The number of hydrogen-bond acceptors (Lipinski definition) is 1. The minimum Gasteiger partial charge on any atom is -0.376 e. The van der Waals surface area contributed by atoms with Crippen molar-refractivity contribution in [3.8, 4) is 11.1 Å². The zero-order chi connectivity index (χ0) is 17.8. The standard InChI is InChI=1S/C25H20O/c26-25(22-12-6-2-7-13-22,23-14-8-3-9-15-23)24-18-16-21(17-19-24)20-10-4-1-5-11-20/h1-19,26H. The van der Waals surface area contributed by atoms with E-state index in [1.54, 1.807) is 0 Å². The predicted octanol–water partition coefficient (Wildman–Crippen LogP) is 5.64. The van der Waals surface area contributed by atoms with Gasteiger partial charge in [-0.15, -0.1) is 0 Å². The fourth-order valence-corrected chi connectivity index (χ4v) is 3.39. The molecule has 4 aromatic rings. The molecule has 0 amide bonds. The fraction of sp³-hybridized carbons (Fsp3) is 0.0400. The van der Waals surface area contributed by atoms with Crippen LogP contribution in [0.5, 0.6) is 0 Å². The van der Waals surface area contributed by atoms with E-state index >= 15 is 0 Å². The summed E-state index contributed by atoms with van der Waals surface area (Å²) in [7, 11) is 0. The van der Waals surface area contributed by atoms with Crippen molar-refractivity contribution in [1.82, 2.24) is 0 Å². The Morgan fingerprint density at radius 1 is 0.385 bits per heavy atom. The first kappa shape index (κ1) is 16.3. The van der Waals surface area contributed by atoms with Gasteiger partial charge in [0.2, 0.25) is 0 Å². The Bertz CT molecular complexity index is 919. The number of rotatable bonds is 4. The molecule has 0 aliphatic heterocycles. The highest BCUT2D eigenvalue weighted by molar-refractivity contribution is 5.64. The van der Waals surface area contributed by atoms with Gasteiger partial charge in [0.1, 0.15) is 5.60 Å². The van der Waals surface area contributed by atoms with Crippen molar-refractivity contribution in [1.29, 1.82) is 0 Å². The highest BCUT2D eigenvalue weighted by atomic mass is 16.3. The van der Waals surface area contributed by atoms with Gasteiger partial charge in [-0.2, -0.15) is 0 Å². The molecule has 126 valence electrons. The molecule has 0 fully saturated rings. The Kier molecular flexibility index (Phi) is 4.39. The monoisotopic (exact) mass is 336 g/mol. The minimum atomic E-state index is -1.18. The van der Waals surface area contributed by atoms with E-state index in [1.165, 1.54) is 5.56 Å². The lowest BCUT2D eigenvalue weighted by Crippen LogP contribution is -2.28. The number of aliphatic hydroxyl groups is 1. The highest BCUT2D eigenvalue weighted by Gasteiger charge is 2.33. The van der Waals surface area contributed by atoms with Gasteiger partial charge in [-0.3, -0.25) is 0 Å². The van der Waals surface area contributed by atoms with Crippen LogP contribution in [0, 0.1) is 0 Å². The van der Waals surface area contributed by atoms with Gasteiger partial charge in [0.15, 0.2) is 0 Å². The maximum absolute atomic E-state index is 11.8. The Morgan fingerprint density at radius 3 is 1.19 bits per heavy atom. The summed E-state index contributed by atoms with van der Waals surface area (Å²) in [6.45, 7) is 0. The number of benzene rings is 4. The average Bonchev–Trinajstić information content (AvgIpc) is 2.75. The zero-order valence-electron chi connectivity index (χ0n) is 14.4. The van der Waals surface area contributed by atoms with Crippen LogP contribution < -0.4 is 0 Å². The summed E-state index contributed by atoms with van der Waals surface area (Å²) in [6, 6.07) is 38.1. The van der Waals surface area contributed by atoms with Gasteiger partial charge in [0, 0.05) is 0 Å². The molecular formula is C25H20O. The second kappa shape index (κ2) is 6.99. The molecule has 4 rings (SSSR count). The summed E-state index contributed by atoms with van der Waals surface area (Å²) < 4.78 is 0. The largest absolute Gasteiger partial charge is 0.376 e. The molecule has 0 heterocycles. The summed E-state index contributed by atoms with van der Waals surface area (Å²) in [5.41, 5.74) is 3.70. The molecule has 1 heteroatoms. The van der Waals surface area contributed by atoms with Crippen LogP contribution >= 0.6 is 0 Å². The molecule has 1 N–H and O–H groups in total. The van der Waals surface area contributed by atoms with E-state index in [4.69, 9.17) is 0 Å². The smallest absolute Gasteiger partial charge is 0.140 e. The van der Waals surface area contributed by atoms with Crippen LogP contribution in [0.1, 0.15) is 16.7 Å². The zero-order valence-corrected chi connectivity index (χ0v) is 14.4. The lowest BCUT2D eigenvalue weighted by atomic mass is 9.80. The molecule has 0 aromatic heterocycles. The predicted molar refractivity (Wildman–Crippen MR) is 107 cm³/mol. The first-order valence-electron chi connectivity index (χ1n) is 8.78. The Hall–Kier alpha value is -3.16. The number of hydrogen-bond donors (Lipinski definition) is 1. The molecule has 0 aliphatic carbocycles. The minimum absolute atomic E-state index is 0.856. The summed E-state index contributed by atoms with van der Waals surface area (Å²) in [5, 5.41) is 11.8. The van der Waals surface area contributed by atoms with Crippen LogP contribution in [0.15, 0.2) is 115 Å². The molecule has 26 heavy (non-hydrogen) atoms. The van der Waals surface area contributed by atoms with E-state index in [2.05, 4.69) is 24.3 Å². The maximum Gasteiger partial charge on any atom is 0.140 e. The van der Waals surface area contributed by atoms with Gasteiger partial charge in [0.25, 0.3) is 0 Å². The van der Waals surface area contributed by atoms with Gasteiger partial charge < -0.3 is 5.11 Å². The van der Waals surface area contributed by atoms with Crippen molar-refractivity contribution in [2.24, 2.45) is 0 Å². The molecule has 0 spiro atoms. The lowest BCUT2D eigenvalue weighted by molar-refractivity contribution is 0.126. The van der Waals surface area contributed by atoms with Crippen LogP contribution in [0.25, 0.3) is 11.1 Å². The lowest BCUT2D eigenvalue weighted by Gasteiger charge is -2.30. The van der Waals surface area contributed by atoms with Gasteiger partial charge in [0.05, 0.1) is 0 Å². The van der Waals surface area contributed by atoms with Crippen molar-refractivity contribution in [3.05, 3.63) is 132 Å². The Morgan fingerprint density at radius 2 is 0.731 bits per heavy atom. The van der Waals surface area contributed by atoms with Gasteiger partial charge in [-0.05, 0) is 27.8 Å². The van der Waals surface area contributed by atoms with Crippen molar-refractivity contribution < 1.29 is 5.11 Å². The van der Waals surface area contributed by atoms with Crippen LogP contribution in [0.4, 0.5) is 0 Å². The normalized spacial score (nSPS) is 11.3. The van der Waals surface area contributed by atoms with Crippen LogP contribution in [-0.2, 0) is 5.60 Å². The van der Waals surface area contributed by atoms with Crippen LogP contribution in [0.2, 0.25) is 0 Å². The maximum atomic E-state index is 11.8. The first-order valence-corrected chi connectivity index (χ1v) is 8.78. The third kappa shape index (κ3) is 2.94. The summed E-state index contributed by atoms with van der Waals surface area (Å²) >= 11 is 0. The Balaban J connectivity index is 1.83. The van der Waals surface area contributed by atoms with E-state index < -0.39 is 5.60 Å². The molecule has 0 radical (unpaired) electrons. The molecule has 0 atom stereocenters. The van der Waals surface area contributed by atoms with E-state index in [1.807, 2.05) is 91.0 Å². The second-order valence-electron chi connectivity index (χ2n) is 6.39. The summed E-state index contributed by atoms with van der Waals surface area (Å²) in [5.74, 6) is 0. The van der Waals surface area contributed by atoms with Gasteiger partial charge in [-0.25, -0.2) is 0 Å². The van der Waals surface area contributed by atoms with Crippen molar-refractivity contribution >= 4 is 0 Å². The molecule has 0 saturated carbocycles. The molecule has 0 bridgehead atoms. The third-order valence-electron chi connectivity index (χ3n) is 4.79. The summed E-state index contributed by atoms with van der Waals surface area (Å²) in [6.07, 6.45) is 0. The second-order valence-corrected chi connectivity index (χ2v) is 6.39. The van der Waals surface area contributed by atoms with Crippen molar-refractivity contribution in [2.75, 3.05) is 0 Å². The van der Waals surface area contributed by atoms with Crippen molar-refractivity contribution in [2.45, 2.75) is 5.60 Å².